The Balaban J connectivity index is 1.88. The van der Waals surface area contributed by atoms with Crippen molar-refractivity contribution >= 4 is 5.91 Å². The number of benzene rings is 1. The van der Waals surface area contributed by atoms with Crippen molar-refractivity contribution in [1.29, 1.82) is 0 Å². The molecule has 1 aliphatic heterocycles. The highest BCUT2D eigenvalue weighted by atomic mass is 16.5. The van der Waals surface area contributed by atoms with E-state index in [1.54, 1.807) is 0 Å². The Morgan fingerprint density at radius 2 is 2.00 bits per heavy atom. The molecule has 1 saturated heterocycles. The van der Waals surface area contributed by atoms with Gasteiger partial charge in [-0.1, -0.05) is 12.1 Å². The number of nitrogens with two attached hydrogens (primary N) is 1. The van der Waals surface area contributed by atoms with Crippen LogP contribution in [0.1, 0.15) is 45.2 Å². The lowest BCUT2D eigenvalue weighted by atomic mass is 10.1. The minimum absolute atomic E-state index is 0.0125. The van der Waals surface area contributed by atoms with Crippen LogP contribution in [0.2, 0.25) is 0 Å². The average molecular weight is 306 g/mol. The van der Waals surface area contributed by atoms with Gasteiger partial charge in [0.2, 0.25) is 5.91 Å². The highest BCUT2D eigenvalue weighted by Crippen LogP contribution is 2.22. The molecular formula is C17H26N2O3. The minimum Gasteiger partial charge on any atom is -0.491 e. The Bertz CT molecular complexity index is 487. The number of hydrogen-bond donors (Lipinski definition) is 2. The quantitative estimate of drug-likeness (QED) is 0.844. The Kier molecular flexibility index (Phi) is 5.80. The summed E-state index contributed by atoms with van der Waals surface area (Å²) >= 11 is 0. The van der Waals surface area contributed by atoms with Gasteiger partial charge in [0.25, 0.3) is 0 Å². The first-order valence-electron chi connectivity index (χ1n) is 7.92. The van der Waals surface area contributed by atoms with Crippen LogP contribution in [-0.2, 0) is 9.53 Å². The molecule has 1 fully saturated rings. The molecule has 0 radical (unpaired) electrons. The number of nitrogens with one attached hydrogen (secondary N) is 1. The number of rotatable bonds is 6. The molecule has 0 spiro atoms. The Hall–Kier alpha value is -1.59. The maximum Gasteiger partial charge on any atom is 0.249 e. The number of hydrogen-bond acceptors (Lipinski definition) is 4. The molecule has 1 heterocycles. The van der Waals surface area contributed by atoms with Crippen molar-refractivity contribution in [1.82, 2.24) is 5.32 Å². The first kappa shape index (κ1) is 16.8. The van der Waals surface area contributed by atoms with Gasteiger partial charge in [-0.05, 0) is 51.3 Å². The first-order valence-corrected chi connectivity index (χ1v) is 7.92. The normalized spacial score (nSPS) is 22.6. The van der Waals surface area contributed by atoms with Crippen molar-refractivity contribution in [3.63, 3.8) is 0 Å². The maximum atomic E-state index is 12.2. The predicted octanol–water partition coefficient (Wildman–Crippen LogP) is 2.16. The number of amides is 1. The lowest BCUT2D eigenvalue weighted by molar-refractivity contribution is -0.132. The third-order valence-corrected chi connectivity index (χ3v) is 3.77. The van der Waals surface area contributed by atoms with Gasteiger partial charge in [-0.15, -0.1) is 0 Å². The zero-order valence-corrected chi connectivity index (χ0v) is 13.5. The standard InChI is InChI=1S/C17H26N2O3/c1-11(2)21-14-6-4-13(5-7-14)12(3)19-17(20)16-9-8-15(10-18)22-16/h4-7,11-12,15-16H,8-10,18H2,1-3H3,(H,19,20)/t12?,15-,16+/m1/s1. The van der Waals surface area contributed by atoms with Crippen LogP contribution in [0.15, 0.2) is 24.3 Å². The third kappa shape index (κ3) is 4.45. The van der Waals surface area contributed by atoms with E-state index in [9.17, 15) is 4.79 Å². The molecule has 1 aromatic carbocycles. The predicted molar refractivity (Wildman–Crippen MR) is 85.7 cm³/mol. The Morgan fingerprint density at radius 3 is 2.55 bits per heavy atom. The summed E-state index contributed by atoms with van der Waals surface area (Å²) in [5, 5.41) is 3.00. The van der Waals surface area contributed by atoms with Crippen LogP contribution >= 0.6 is 0 Å². The van der Waals surface area contributed by atoms with E-state index in [2.05, 4.69) is 5.32 Å². The summed E-state index contributed by atoms with van der Waals surface area (Å²) in [5.41, 5.74) is 6.61. The maximum absolute atomic E-state index is 12.2. The van der Waals surface area contributed by atoms with Crippen molar-refractivity contribution in [3.8, 4) is 5.75 Å². The summed E-state index contributed by atoms with van der Waals surface area (Å²) in [5.74, 6) is 0.771. The van der Waals surface area contributed by atoms with Gasteiger partial charge >= 0.3 is 0 Å². The van der Waals surface area contributed by atoms with E-state index < -0.39 is 0 Å². The molecule has 122 valence electrons. The summed E-state index contributed by atoms with van der Waals surface area (Å²) in [7, 11) is 0. The van der Waals surface area contributed by atoms with Crippen LogP contribution in [0.25, 0.3) is 0 Å². The van der Waals surface area contributed by atoms with Gasteiger partial charge in [0.05, 0.1) is 18.2 Å². The van der Waals surface area contributed by atoms with Crippen LogP contribution in [-0.4, -0.2) is 30.8 Å². The summed E-state index contributed by atoms with van der Waals surface area (Å²) in [6, 6.07) is 7.73. The second-order valence-corrected chi connectivity index (χ2v) is 6.03. The number of ether oxygens (including phenoxy) is 2. The van der Waals surface area contributed by atoms with Gasteiger partial charge in [-0.25, -0.2) is 0 Å². The van der Waals surface area contributed by atoms with E-state index in [1.807, 2.05) is 45.0 Å². The molecule has 2 rings (SSSR count). The molecule has 1 unspecified atom stereocenters. The second kappa shape index (κ2) is 7.61. The molecule has 0 aromatic heterocycles. The fourth-order valence-corrected chi connectivity index (χ4v) is 2.57. The Morgan fingerprint density at radius 1 is 1.32 bits per heavy atom. The molecule has 22 heavy (non-hydrogen) atoms. The molecule has 0 aliphatic carbocycles. The van der Waals surface area contributed by atoms with Gasteiger partial charge in [0, 0.05) is 6.54 Å². The van der Waals surface area contributed by atoms with Gasteiger partial charge in [-0.2, -0.15) is 0 Å². The zero-order chi connectivity index (χ0) is 16.1. The monoisotopic (exact) mass is 306 g/mol. The van der Waals surface area contributed by atoms with Gasteiger partial charge in [0.1, 0.15) is 11.9 Å². The number of carbonyl (C=O) groups excluding carboxylic acids is 1. The topological polar surface area (TPSA) is 73.6 Å². The SMILES string of the molecule is CC(C)Oc1ccc(C(C)NC(=O)[C@@H]2CC[C@H](CN)O2)cc1. The smallest absolute Gasteiger partial charge is 0.249 e. The lowest BCUT2D eigenvalue weighted by Crippen LogP contribution is -2.36. The van der Waals surface area contributed by atoms with E-state index in [-0.39, 0.29) is 30.3 Å². The van der Waals surface area contributed by atoms with Gasteiger partial charge in [-0.3, -0.25) is 4.79 Å². The van der Waals surface area contributed by atoms with Crippen LogP contribution in [0, 0.1) is 0 Å². The van der Waals surface area contributed by atoms with Crippen LogP contribution < -0.4 is 15.8 Å². The van der Waals surface area contributed by atoms with Gasteiger partial charge < -0.3 is 20.5 Å². The summed E-state index contributed by atoms with van der Waals surface area (Å²) < 4.78 is 11.2. The van der Waals surface area contributed by atoms with E-state index in [4.69, 9.17) is 15.2 Å². The summed E-state index contributed by atoms with van der Waals surface area (Å²) in [6.07, 6.45) is 1.38. The minimum atomic E-state index is -0.375. The Labute approximate surface area is 132 Å². The fourth-order valence-electron chi connectivity index (χ4n) is 2.57. The van der Waals surface area contributed by atoms with E-state index in [0.717, 1.165) is 24.2 Å². The average Bonchev–Trinajstić information content (AvgIpc) is 2.96. The third-order valence-electron chi connectivity index (χ3n) is 3.77. The van der Waals surface area contributed by atoms with E-state index in [0.29, 0.717) is 6.54 Å². The van der Waals surface area contributed by atoms with Crippen molar-refractivity contribution in [3.05, 3.63) is 29.8 Å². The molecular weight excluding hydrogens is 280 g/mol. The van der Waals surface area contributed by atoms with E-state index >= 15 is 0 Å². The van der Waals surface area contributed by atoms with Crippen LogP contribution in [0.5, 0.6) is 5.75 Å². The zero-order valence-electron chi connectivity index (χ0n) is 13.5. The van der Waals surface area contributed by atoms with Crippen molar-refractivity contribution < 1.29 is 14.3 Å². The second-order valence-electron chi connectivity index (χ2n) is 6.03. The molecule has 1 aliphatic rings. The largest absolute Gasteiger partial charge is 0.491 e. The molecule has 0 bridgehead atoms. The highest BCUT2D eigenvalue weighted by molar-refractivity contribution is 5.81. The van der Waals surface area contributed by atoms with Crippen molar-refractivity contribution in [2.75, 3.05) is 6.54 Å². The van der Waals surface area contributed by atoms with Crippen molar-refractivity contribution in [2.24, 2.45) is 5.73 Å². The molecule has 0 saturated carbocycles. The molecule has 5 nitrogen and oxygen atoms in total. The molecule has 3 N–H and O–H groups in total. The molecule has 1 amide bonds. The molecule has 5 heteroatoms. The van der Waals surface area contributed by atoms with E-state index in [1.165, 1.54) is 0 Å². The van der Waals surface area contributed by atoms with Crippen LogP contribution in [0.3, 0.4) is 0 Å². The van der Waals surface area contributed by atoms with Gasteiger partial charge in [0.15, 0.2) is 0 Å². The summed E-state index contributed by atoms with van der Waals surface area (Å²) in [4.78, 5) is 12.2. The highest BCUT2D eigenvalue weighted by Gasteiger charge is 2.30. The summed E-state index contributed by atoms with van der Waals surface area (Å²) in [6.45, 7) is 6.42. The van der Waals surface area contributed by atoms with Crippen LogP contribution in [0.4, 0.5) is 0 Å². The van der Waals surface area contributed by atoms with Crippen molar-refractivity contribution in [2.45, 2.75) is 58.0 Å². The molecule has 3 atom stereocenters. The first-order chi connectivity index (χ1) is 10.5. The fraction of sp³-hybridized carbons (Fsp3) is 0.588. The molecule has 1 aromatic rings. The lowest BCUT2D eigenvalue weighted by Gasteiger charge is -2.18. The number of carbonyl (C=O) groups is 1.